The van der Waals surface area contributed by atoms with Gasteiger partial charge < -0.3 is 10.4 Å². The molecule has 0 aliphatic heterocycles. The van der Waals surface area contributed by atoms with Crippen molar-refractivity contribution in [2.45, 2.75) is 24.8 Å². The first-order valence-corrected chi connectivity index (χ1v) is 6.11. The van der Waals surface area contributed by atoms with Gasteiger partial charge in [0.2, 0.25) is 5.91 Å². The Bertz CT molecular complexity index is 469. The largest absolute Gasteiger partial charge is 0.480 e. The second-order valence-corrected chi connectivity index (χ2v) is 5.06. The van der Waals surface area contributed by atoms with Crippen molar-refractivity contribution in [1.82, 2.24) is 5.32 Å². The van der Waals surface area contributed by atoms with E-state index in [1.807, 2.05) is 24.3 Å². The smallest absolute Gasteiger partial charge is 0.329 e. The Morgan fingerprint density at radius 3 is 2.53 bits per heavy atom. The van der Waals surface area contributed by atoms with Gasteiger partial charge in [-0.15, -0.1) is 0 Å². The molecule has 0 atom stereocenters. The molecular weight excluding hydrogens is 286 g/mol. The van der Waals surface area contributed by atoms with Crippen LogP contribution in [-0.4, -0.2) is 22.5 Å². The molecule has 2 rings (SSSR count). The van der Waals surface area contributed by atoms with Gasteiger partial charge in [-0.25, -0.2) is 4.79 Å². The highest BCUT2D eigenvalue weighted by atomic mass is 79.9. The third-order valence-corrected chi connectivity index (χ3v) is 3.62. The van der Waals surface area contributed by atoms with Gasteiger partial charge in [0.1, 0.15) is 5.54 Å². The maximum Gasteiger partial charge on any atom is 0.329 e. The summed E-state index contributed by atoms with van der Waals surface area (Å²) < 4.78 is 0.857. The van der Waals surface area contributed by atoms with Gasteiger partial charge >= 0.3 is 5.97 Å². The summed E-state index contributed by atoms with van der Waals surface area (Å²) in [5.41, 5.74) is -0.149. The van der Waals surface area contributed by atoms with E-state index in [0.29, 0.717) is 12.8 Å². The summed E-state index contributed by atoms with van der Waals surface area (Å²) in [6, 6.07) is 7.40. The van der Waals surface area contributed by atoms with Crippen LogP contribution in [0.4, 0.5) is 0 Å². The van der Waals surface area contributed by atoms with E-state index in [0.717, 1.165) is 10.0 Å². The number of halogens is 1. The predicted octanol–water partition coefficient (Wildman–Crippen LogP) is 1.72. The number of rotatable bonds is 4. The number of carboxylic acids is 1. The summed E-state index contributed by atoms with van der Waals surface area (Å²) in [7, 11) is 0. The fourth-order valence-electron chi connectivity index (χ4n) is 1.64. The molecule has 1 aliphatic rings. The third kappa shape index (κ3) is 2.66. The molecule has 1 fully saturated rings. The Morgan fingerprint density at radius 1 is 1.35 bits per heavy atom. The molecule has 0 radical (unpaired) electrons. The van der Waals surface area contributed by atoms with E-state index in [1.165, 1.54) is 0 Å². The van der Waals surface area contributed by atoms with Crippen LogP contribution in [-0.2, 0) is 16.0 Å². The Morgan fingerprint density at radius 2 is 2.00 bits per heavy atom. The van der Waals surface area contributed by atoms with Crippen molar-refractivity contribution in [3.63, 3.8) is 0 Å². The highest BCUT2D eigenvalue weighted by Gasteiger charge is 2.51. The van der Waals surface area contributed by atoms with Gasteiger partial charge in [-0.2, -0.15) is 0 Å². The molecule has 0 spiro atoms. The van der Waals surface area contributed by atoms with Crippen LogP contribution in [0.25, 0.3) is 0 Å². The lowest BCUT2D eigenvalue weighted by Gasteiger charge is -2.12. The number of benzene rings is 1. The minimum atomic E-state index is -1.00. The molecule has 4 nitrogen and oxygen atoms in total. The van der Waals surface area contributed by atoms with Crippen LogP contribution >= 0.6 is 15.9 Å². The molecule has 0 saturated heterocycles. The van der Waals surface area contributed by atoms with Gasteiger partial charge in [0.05, 0.1) is 6.42 Å². The second-order valence-electron chi connectivity index (χ2n) is 4.20. The number of carboxylic acid groups (broad SMARTS) is 1. The van der Waals surface area contributed by atoms with E-state index in [1.54, 1.807) is 0 Å². The first-order chi connectivity index (χ1) is 8.03. The molecule has 1 saturated carbocycles. The lowest BCUT2D eigenvalue weighted by atomic mass is 10.1. The monoisotopic (exact) mass is 297 g/mol. The van der Waals surface area contributed by atoms with Crippen molar-refractivity contribution in [3.05, 3.63) is 34.3 Å². The SMILES string of the molecule is O=C(Cc1ccccc1Br)NC1(C(=O)O)CC1. The molecule has 5 heteroatoms. The topological polar surface area (TPSA) is 66.4 Å². The number of carbonyl (C=O) groups is 2. The summed E-state index contributed by atoms with van der Waals surface area (Å²) in [6.07, 6.45) is 1.23. The molecule has 1 aliphatic carbocycles. The number of hydrogen-bond donors (Lipinski definition) is 2. The number of amides is 1. The number of aliphatic carboxylic acids is 1. The molecule has 0 aromatic heterocycles. The predicted molar refractivity (Wildman–Crippen MR) is 65.6 cm³/mol. The molecule has 0 heterocycles. The lowest BCUT2D eigenvalue weighted by Crippen LogP contribution is -2.43. The van der Waals surface area contributed by atoms with Crippen LogP contribution in [0.1, 0.15) is 18.4 Å². The average Bonchev–Trinajstić information content (AvgIpc) is 3.02. The van der Waals surface area contributed by atoms with Crippen LogP contribution in [0.2, 0.25) is 0 Å². The molecule has 0 bridgehead atoms. The third-order valence-electron chi connectivity index (χ3n) is 2.85. The average molecular weight is 298 g/mol. The van der Waals surface area contributed by atoms with E-state index >= 15 is 0 Å². The van der Waals surface area contributed by atoms with E-state index in [4.69, 9.17) is 5.11 Å². The van der Waals surface area contributed by atoms with Crippen LogP contribution in [0.15, 0.2) is 28.7 Å². The van der Waals surface area contributed by atoms with Gasteiger partial charge in [0.15, 0.2) is 0 Å². The molecule has 0 unspecified atom stereocenters. The highest BCUT2D eigenvalue weighted by molar-refractivity contribution is 9.10. The van der Waals surface area contributed by atoms with Crippen molar-refractivity contribution in [2.24, 2.45) is 0 Å². The van der Waals surface area contributed by atoms with Gasteiger partial charge in [-0.3, -0.25) is 4.79 Å². The maximum atomic E-state index is 11.7. The van der Waals surface area contributed by atoms with Gasteiger partial charge in [-0.1, -0.05) is 34.1 Å². The lowest BCUT2D eigenvalue weighted by molar-refractivity contribution is -0.143. The van der Waals surface area contributed by atoms with E-state index in [9.17, 15) is 9.59 Å². The van der Waals surface area contributed by atoms with Gasteiger partial charge in [0, 0.05) is 4.47 Å². The summed E-state index contributed by atoms with van der Waals surface area (Å²) >= 11 is 3.35. The quantitative estimate of drug-likeness (QED) is 0.889. The zero-order chi connectivity index (χ0) is 12.5. The normalized spacial score (nSPS) is 16.3. The summed E-state index contributed by atoms with van der Waals surface area (Å²) in [5, 5.41) is 11.5. The molecule has 2 N–H and O–H groups in total. The van der Waals surface area contributed by atoms with Crippen molar-refractivity contribution in [1.29, 1.82) is 0 Å². The minimum absolute atomic E-state index is 0.191. The first-order valence-electron chi connectivity index (χ1n) is 5.31. The Kier molecular flexibility index (Phi) is 3.19. The van der Waals surface area contributed by atoms with Gasteiger partial charge in [0.25, 0.3) is 0 Å². The Labute approximate surface area is 107 Å². The minimum Gasteiger partial charge on any atom is -0.480 e. The molecular formula is C12H12BrNO3. The summed E-state index contributed by atoms with van der Waals surface area (Å²) in [6.45, 7) is 0. The number of nitrogens with one attached hydrogen (secondary N) is 1. The summed E-state index contributed by atoms with van der Waals surface area (Å²) in [5.74, 6) is -1.20. The van der Waals surface area contributed by atoms with E-state index < -0.39 is 11.5 Å². The van der Waals surface area contributed by atoms with E-state index in [-0.39, 0.29) is 12.3 Å². The van der Waals surface area contributed by atoms with Crippen LogP contribution < -0.4 is 5.32 Å². The van der Waals surface area contributed by atoms with Gasteiger partial charge in [-0.05, 0) is 24.5 Å². The van der Waals surface area contributed by atoms with Crippen molar-refractivity contribution in [3.8, 4) is 0 Å². The van der Waals surface area contributed by atoms with Crippen molar-refractivity contribution in [2.75, 3.05) is 0 Å². The molecule has 1 aromatic rings. The molecule has 90 valence electrons. The van der Waals surface area contributed by atoms with E-state index in [2.05, 4.69) is 21.2 Å². The first kappa shape index (κ1) is 12.1. The molecule has 17 heavy (non-hydrogen) atoms. The Hall–Kier alpha value is -1.36. The van der Waals surface area contributed by atoms with Crippen molar-refractivity contribution >= 4 is 27.8 Å². The standard InChI is InChI=1S/C12H12BrNO3/c13-9-4-2-1-3-8(9)7-10(15)14-12(5-6-12)11(16)17/h1-4H,5-7H2,(H,14,15)(H,16,17). The fraction of sp³-hybridized carbons (Fsp3) is 0.333. The maximum absolute atomic E-state index is 11.7. The number of carbonyl (C=O) groups excluding carboxylic acids is 1. The van der Waals surface area contributed by atoms with Crippen LogP contribution in [0.3, 0.4) is 0 Å². The second kappa shape index (κ2) is 4.49. The zero-order valence-electron chi connectivity index (χ0n) is 9.07. The number of hydrogen-bond acceptors (Lipinski definition) is 2. The molecule has 1 aromatic carbocycles. The molecule has 1 amide bonds. The zero-order valence-corrected chi connectivity index (χ0v) is 10.7. The van der Waals surface area contributed by atoms with Crippen molar-refractivity contribution < 1.29 is 14.7 Å². The fourth-order valence-corrected chi connectivity index (χ4v) is 2.07. The van der Waals surface area contributed by atoms with Crippen LogP contribution in [0, 0.1) is 0 Å². The highest BCUT2D eigenvalue weighted by Crippen LogP contribution is 2.35. The Balaban J connectivity index is 1.99. The van der Waals surface area contributed by atoms with Crippen LogP contribution in [0.5, 0.6) is 0 Å². The summed E-state index contributed by atoms with van der Waals surface area (Å²) in [4.78, 5) is 22.6.